The summed E-state index contributed by atoms with van der Waals surface area (Å²) in [6.45, 7) is 0. The lowest BCUT2D eigenvalue weighted by Crippen LogP contribution is -2.06. The van der Waals surface area contributed by atoms with Crippen molar-refractivity contribution in [2.24, 2.45) is 5.92 Å². The maximum Gasteiger partial charge on any atom is 0.384 e. The lowest BCUT2D eigenvalue weighted by molar-refractivity contribution is -0.133. The second kappa shape index (κ2) is 3.40. The predicted octanol–water partition coefficient (Wildman–Crippen LogP) is -0.0663. The van der Waals surface area contributed by atoms with Crippen LogP contribution in [-0.2, 0) is 9.53 Å². The van der Waals surface area contributed by atoms with Gasteiger partial charge in [0.15, 0.2) is 0 Å². The van der Waals surface area contributed by atoms with E-state index < -0.39 is 12.1 Å². The molecule has 11 heavy (non-hydrogen) atoms. The molecule has 1 rings (SSSR count). The first-order valence-corrected chi connectivity index (χ1v) is 3.51. The van der Waals surface area contributed by atoms with Gasteiger partial charge >= 0.3 is 5.97 Å². The lowest BCUT2D eigenvalue weighted by Gasteiger charge is -1.95. The van der Waals surface area contributed by atoms with Gasteiger partial charge in [0, 0.05) is 5.92 Å². The molecule has 0 saturated heterocycles. The summed E-state index contributed by atoms with van der Waals surface area (Å²) in [5, 5.41) is 9.15. The van der Waals surface area contributed by atoms with Gasteiger partial charge in [-0.3, -0.25) is 0 Å². The first-order chi connectivity index (χ1) is 5.24. The topological polar surface area (TPSA) is 46.5 Å². The summed E-state index contributed by atoms with van der Waals surface area (Å²) in [4.78, 5) is 10.5. The number of ether oxygens (including phenoxy) is 1. The van der Waals surface area contributed by atoms with Crippen molar-refractivity contribution < 1.29 is 14.6 Å². The molecule has 0 aromatic rings. The zero-order valence-electron chi connectivity index (χ0n) is 6.33. The average Bonchev–Trinajstić information content (AvgIpc) is 2.81. The van der Waals surface area contributed by atoms with E-state index in [2.05, 4.69) is 16.6 Å². The molecule has 3 heteroatoms. The van der Waals surface area contributed by atoms with Crippen LogP contribution in [0.4, 0.5) is 0 Å². The Balaban J connectivity index is 2.35. The van der Waals surface area contributed by atoms with Crippen LogP contribution in [0.1, 0.15) is 12.8 Å². The smallest absolute Gasteiger partial charge is 0.384 e. The van der Waals surface area contributed by atoms with Crippen molar-refractivity contribution in [1.82, 2.24) is 0 Å². The highest BCUT2D eigenvalue weighted by molar-refractivity contribution is 5.88. The van der Waals surface area contributed by atoms with Gasteiger partial charge in [-0.2, -0.15) is 0 Å². The van der Waals surface area contributed by atoms with E-state index in [-0.39, 0.29) is 5.92 Å². The molecule has 0 amide bonds. The molecule has 0 aromatic heterocycles. The van der Waals surface area contributed by atoms with Gasteiger partial charge in [0.1, 0.15) is 6.10 Å². The molecule has 1 N–H and O–H groups in total. The van der Waals surface area contributed by atoms with Crippen LogP contribution in [-0.4, -0.2) is 24.3 Å². The minimum Gasteiger partial charge on any atom is -0.459 e. The van der Waals surface area contributed by atoms with Crippen LogP contribution in [0.5, 0.6) is 0 Å². The number of esters is 1. The Morgan fingerprint density at radius 2 is 2.36 bits per heavy atom. The van der Waals surface area contributed by atoms with Crippen molar-refractivity contribution in [3.63, 3.8) is 0 Å². The standard InChI is InChI=1S/C8H10O3/c1-11-8(10)5-4-7(9)6-2-3-6/h6-7,9H,2-3H2,1H3/t7-/m0/s1. The molecular weight excluding hydrogens is 144 g/mol. The summed E-state index contributed by atoms with van der Waals surface area (Å²) in [5.74, 6) is 4.31. The SMILES string of the molecule is COC(=O)C#C[C@H](O)C1CC1. The fourth-order valence-corrected chi connectivity index (χ4v) is 0.714. The molecule has 1 fully saturated rings. The Hall–Kier alpha value is -1.01. The van der Waals surface area contributed by atoms with Crippen molar-refractivity contribution in [3.8, 4) is 11.8 Å². The molecule has 60 valence electrons. The quantitative estimate of drug-likeness (QED) is 0.327. The highest BCUT2D eigenvalue weighted by Gasteiger charge is 2.28. The largest absolute Gasteiger partial charge is 0.459 e. The first-order valence-electron chi connectivity index (χ1n) is 3.51. The zero-order chi connectivity index (χ0) is 8.27. The van der Waals surface area contributed by atoms with Gasteiger partial charge < -0.3 is 9.84 Å². The van der Waals surface area contributed by atoms with E-state index in [0.29, 0.717) is 0 Å². The fourth-order valence-electron chi connectivity index (χ4n) is 0.714. The maximum absolute atomic E-state index is 10.5. The van der Waals surface area contributed by atoms with Crippen LogP contribution in [0.3, 0.4) is 0 Å². The number of methoxy groups -OCH3 is 1. The Morgan fingerprint density at radius 1 is 1.73 bits per heavy atom. The van der Waals surface area contributed by atoms with E-state index in [1.165, 1.54) is 7.11 Å². The van der Waals surface area contributed by atoms with Crippen molar-refractivity contribution >= 4 is 5.97 Å². The molecule has 0 aliphatic heterocycles. The van der Waals surface area contributed by atoms with Gasteiger partial charge in [0.05, 0.1) is 7.11 Å². The minimum absolute atomic E-state index is 0.284. The van der Waals surface area contributed by atoms with E-state index in [0.717, 1.165) is 12.8 Å². The number of aliphatic hydroxyl groups is 1. The number of hydrogen-bond donors (Lipinski definition) is 1. The molecule has 0 spiro atoms. The molecule has 0 bridgehead atoms. The number of aliphatic hydroxyl groups excluding tert-OH is 1. The van der Waals surface area contributed by atoms with Crippen LogP contribution in [0, 0.1) is 17.8 Å². The molecule has 1 atom stereocenters. The van der Waals surface area contributed by atoms with Crippen molar-refractivity contribution in [2.75, 3.05) is 7.11 Å². The second-order valence-corrected chi connectivity index (χ2v) is 2.54. The number of rotatable bonds is 1. The molecule has 0 heterocycles. The highest BCUT2D eigenvalue weighted by Crippen LogP contribution is 2.31. The third-order valence-electron chi connectivity index (χ3n) is 1.58. The minimum atomic E-state index is -0.644. The van der Waals surface area contributed by atoms with Gasteiger partial charge in [-0.25, -0.2) is 4.79 Å². The van der Waals surface area contributed by atoms with E-state index in [1.807, 2.05) is 0 Å². The summed E-state index contributed by atoms with van der Waals surface area (Å²) < 4.78 is 4.28. The van der Waals surface area contributed by atoms with Crippen LogP contribution < -0.4 is 0 Å². The Morgan fingerprint density at radius 3 is 2.82 bits per heavy atom. The Kier molecular flexibility index (Phi) is 2.50. The molecule has 0 radical (unpaired) electrons. The van der Waals surface area contributed by atoms with Gasteiger partial charge in [-0.1, -0.05) is 5.92 Å². The van der Waals surface area contributed by atoms with Crippen LogP contribution >= 0.6 is 0 Å². The summed E-state index contributed by atoms with van der Waals surface area (Å²) >= 11 is 0. The molecule has 1 saturated carbocycles. The molecule has 0 aromatic carbocycles. The van der Waals surface area contributed by atoms with Gasteiger partial charge in [-0.15, -0.1) is 0 Å². The van der Waals surface area contributed by atoms with E-state index in [9.17, 15) is 4.79 Å². The average molecular weight is 154 g/mol. The summed E-state index contributed by atoms with van der Waals surface area (Å²) in [6.07, 6.45) is 1.38. The van der Waals surface area contributed by atoms with Crippen molar-refractivity contribution in [3.05, 3.63) is 0 Å². The lowest BCUT2D eigenvalue weighted by atomic mass is 10.2. The molecule has 1 aliphatic rings. The first kappa shape index (κ1) is 8.09. The van der Waals surface area contributed by atoms with Crippen LogP contribution in [0.2, 0.25) is 0 Å². The second-order valence-electron chi connectivity index (χ2n) is 2.54. The highest BCUT2D eigenvalue weighted by atomic mass is 16.5. The number of carbonyl (C=O) groups excluding carboxylic acids is 1. The monoisotopic (exact) mass is 154 g/mol. The maximum atomic E-state index is 10.5. The fraction of sp³-hybridized carbons (Fsp3) is 0.625. The Bertz CT molecular complexity index is 207. The molecular formula is C8H10O3. The van der Waals surface area contributed by atoms with E-state index >= 15 is 0 Å². The van der Waals surface area contributed by atoms with Crippen LogP contribution in [0.15, 0.2) is 0 Å². The third kappa shape index (κ3) is 2.60. The number of carbonyl (C=O) groups is 1. The summed E-state index contributed by atoms with van der Waals surface area (Å²) in [7, 11) is 1.26. The summed E-state index contributed by atoms with van der Waals surface area (Å²) in [5.41, 5.74) is 0. The molecule has 0 unspecified atom stereocenters. The van der Waals surface area contributed by atoms with E-state index in [1.54, 1.807) is 0 Å². The van der Waals surface area contributed by atoms with Gasteiger partial charge in [0.25, 0.3) is 0 Å². The molecule has 1 aliphatic carbocycles. The third-order valence-corrected chi connectivity index (χ3v) is 1.58. The Labute approximate surface area is 65.4 Å². The van der Waals surface area contributed by atoms with Crippen molar-refractivity contribution in [2.45, 2.75) is 18.9 Å². The molecule has 3 nitrogen and oxygen atoms in total. The summed E-state index contributed by atoms with van der Waals surface area (Å²) in [6, 6.07) is 0. The van der Waals surface area contributed by atoms with Gasteiger partial charge in [0.2, 0.25) is 0 Å². The van der Waals surface area contributed by atoms with E-state index in [4.69, 9.17) is 5.11 Å². The van der Waals surface area contributed by atoms with Crippen molar-refractivity contribution in [1.29, 1.82) is 0 Å². The normalized spacial score (nSPS) is 18.0. The zero-order valence-corrected chi connectivity index (χ0v) is 6.33. The number of hydrogen-bond acceptors (Lipinski definition) is 3. The van der Waals surface area contributed by atoms with Gasteiger partial charge in [-0.05, 0) is 18.8 Å². The van der Waals surface area contributed by atoms with Crippen LogP contribution in [0.25, 0.3) is 0 Å². The predicted molar refractivity (Wildman–Crippen MR) is 38.5 cm³/mol.